The summed E-state index contributed by atoms with van der Waals surface area (Å²) in [5, 5.41) is 3.87. The van der Waals surface area contributed by atoms with Crippen molar-refractivity contribution in [2.24, 2.45) is 5.73 Å². The van der Waals surface area contributed by atoms with Gasteiger partial charge in [-0.1, -0.05) is 35.9 Å². The van der Waals surface area contributed by atoms with Crippen molar-refractivity contribution >= 4 is 34.3 Å². The third kappa shape index (κ3) is 3.92. The summed E-state index contributed by atoms with van der Waals surface area (Å²) in [6.45, 7) is 0. The van der Waals surface area contributed by atoms with Gasteiger partial charge in [-0.15, -0.1) is 0 Å². The van der Waals surface area contributed by atoms with Crippen LogP contribution in [0.25, 0.3) is 10.9 Å². The minimum atomic E-state index is -0.866. The van der Waals surface area contributed by atoms with Crippen molar-refractivity contribution in [1.29, 1.82) is 0 Å². The van der Waals surface area contributed by atoms with E-state index in [9.17, 15) is 9.59 Å². The Labute approximate surface area is 149 Å². The van der Waals surface area contributed by atoms with E-state index in [2.05, 4.69) is 15.3 Å². The number of primary amides is 1. The first kappa shape index (κ1) is 16.9. The summed E-state index contributed by atoms with van der Waals surface area (Å²) in [7, 11) is 0. The van der Waals surface area contributed by atoms with Crippen molar-refractivity contribution in [2.75, 3.05) is 0 Å². The predicted molar refractivity (Wildman–Crippen MR) is 95.1 cm³/mol. The molecule has 0 aliphatic carbocycles. The number of halogens is 1. The SMILES string of the molecule is NC(=O)[C@@H](Cc1ccc(Cl)nc1)NC(=O)c1cccc2cccnc12. The molecule has 25 heavy (non-hydrogen) atoms. The number of nitrogens with two attached hydrogens (primary N) is 1. The largest absolute Gasteiger partial charge is 0.368 e. The van der Waals surface area contributed by atoms with Crippen LogP contribution in [0.5, 0.6) is 0 Å². The molecule has 6 nitrogen and oxygen atoms in total. The lowest BCUT2D eigenvalue weighted by atomic mass is 10.1. The van der Waals surface area contributed by atoms with Gasteiger partial charge in [0.2, 0.25) is 5.91 Å². The number of nitrogens with one attached hydrogen (secondary N) is 1. The number of amides is 2. The minimum absolute atomic E-state index is 0.226. The summed E-state index contributed by atoms with van der Waals surface area (Å²) >= 11 is 5.75. The summed E-state index contributed by atoms with van der Waals surface area (Å²) in [4.78, 5) is 32.6. The van der Waals surface area contributed by atoms with Gasteiger partial charge in [-0.05, 0) is 23.8 Å². The van der Waals surface area contributed by atoms with E-state index in [0.29, 0.717) is 16.2 Å². The lowest BCUT2D eigenvalue weighted by Gasteiger charge is -2.16. The molecule has 0 saturated carbocycles. The Balaban J connectivity index is 1.83. The molecule has 0 fully saturated rings. The highest BCUT2D eigenvalue weighted by Gasteiger charge is 2.21. The number of carbonyl (C=O) groups is 2. The molecule has 7 heteroatoms. The van der Waals surface area contributed by atoms with Gasteiger partial charge in [-0.25, -0.2) is 4.98 Å². The smallest absolute Gasteiger partial charge is 0.254 e. The van der Waals surface area contributed by atoms with Crippen LogP contribution in [-0.4, -0.2) is 27.8 Å². The summed E-state index contributed by atoms with van der Waals surface area (Å²) in [5.74, 6) is -1.04. The Hall–Kier alpha value is -2.99. The van der Waals surface area contributed by atoms with Crippen LogP contribution in [0.4, 0.5) is 0 Å². The molecule has 0 unspecified atom stereocenters. The number of aromatic nitrogens is 2. The van der Waals surface area contributed by atoms with Crippen LogP contribution in [0.15, 0.2) is 54.9 Å². The molecule has 3 N–H and O–H groups in total. The Morgan fingerprint density at radius 2 is 1.92 bits per heavy atom. The second-order valence-corrected chi connectivity index (χ2v) is 5.89. The minimum Gasteiger partial charge on any atom is -0.368 e. The highest BCUT2D eigenvalue weighted by atomic mass is 35.5. The number of benzene rings is 1. The van der Waals surface area contributed by atoms with E-state index in [-0.39, 0.29) is 6.42 Å². The van der Waals surface area contributed by atoms with Crippen molar-refractivity contribution in [3.8, 4) is 0 Å². The van der Waals surface area contributed by atoms with Gasteiger partial charge in [-0.2, -0.15) is 0 Å². The molecule has 1 aromatic carbocycles. The third-order valence-electron chi connectivity index (χ3n) is 3.75. The second-order valence-electron chi connectivity index (χ2n) is 5.50. The standard InChI is InChI=1S/C18H15ClN4O2/c19-15-7-6-11(10-22-15)9-14(17(20)24)23-18(25)13-5-1-3-12-4-2-8-21-16(12)13/h1-8,10,14H,9H2,(H2,20,24)(H,23,25)/t14-/m1/s1. The molecule has 0 radical (unpaired) electrons. The topological polar surface area (TPSA) is 98.0 Å². The van der Waals surface area contributed by atoms with Crippen LogP contribution in [-0.2, 0) is 11.2 Å². The molecule has 2 amide bonds. The molecular weight excluding hydrogens is 340 g/mol. The fourth-order valence-electron chi connectivity index (χ4n) is 2.51. The molecule has 126 valence electrons. The molecule has 3 aromatic rings. The highest BCUT2D eigenvalue weighted by Crippen LogP contribution is 2.16. The molecule has 0 bridgehead atoms. The Kier molecular flexibility index (Phi) is 4.90. The van der Waals surface area contributed by atoms with Gasteiger partial charge < -0.3 is 11.1 Å². The number of nitrogens with zero attached hydrogens (tertiary/aromatic N) is 2. The first-order valence-corrected chi connectivity index (χ1v) is 7.97. The quantitative estimate of drug-likeness (QED) is 0.685. The van der Waals surface area contributed by atoms with Gasteiger partial charge in [0.1, 0.15) is 11.2 Å². The number of fused-ring (bicyclic) bond motifs is 1. The van der Waals surface area contributed by atoms with Crippen LogP contribution in [0.1, 0.15) is 15.9 Å². The highest BCUT2D eigenvalue weighted by molar-refractivity contribution is 6.29. The average molecular weight is 355 g/mol. The molecule has 1 atom stereocenters. The van der Waals surface area contributed by atoms with Gasteiger partial charge in [0.15, 0.2) is 0 Å². The van der Waals surface area contributed by atoms with E-state index < -0.39 is 17.9 Å². The van der Waals surface area contributed by atoms with Crippen LogP contribution in [0.2, 0.25) is 5.15 Å². The molecule has 0 saturated heterocycles. The average Bonchev–Trinajstić information content (AvgIpc) is 2.62. The maximum atomic E-state index is 12.6. The van der Waals surface area contributed by atoms with Crippen molar-refractivity contribution in [1.82, 2.24) is 15.3 Å². The second kappa shape index (κ2) is 7.27. The van der Waals surface area contributed by atoms with Gasteiger partial charge in [0, 0.05) is 24.2 Å². The molecule has 0 spiro atoms. The molecule has 2 heterocycles. The zero-order chi connectivity index (χ0) is 17.8. The lowest BCUT2D eigenvalue weighted by Crippen LogP contribution is -2.45. The molecule has 0 aliphatic heterocycles. The zero-order valence-electron chi connectivity index (χ0n) is 13.1. The fourth-order valence-corrected chi connectivity index (χ4v) is 2.62. The van der Waals surface area contributed by atoms with E-state index in [1.165, 1.54) is 0 Å². The van der Waals surface area contributed by atoms with E-state index in [1.54, 1.807) is 42.7 Å². The number of hydrogen-bond acceptors (Lipinski definition) is 4. The normalized spacial score (nSPS) is 11.9. The monoisotopic (exact) mass is 354 g/mol. The van der Waals surface area contributed by atoms with Crippen LogP contribution in [0, 0.1) is 0 Å². The Morgan fingerprint density at radius 1 is 1.12 bits per heavy atom. The van der Waals surface area contributed by atoms with Crippen LogP contribution >= 0.6 is 11.6 Å². The maximum absolute atomic E-state index is 12.6. The molecule has 0 aliphatic rings. The van der Waals surface area contributed by atoms with Gasteiger partial charge in [-0.3, -0.25) is 14.6 Å². The number of carbonyl (C=O) groups excluding carboxylic acids is 2. The van der Waals surface area contributed by atoms with E-state index in [1.807, 2.05) is 12.1 Å². The fraction of sp³-hybridized carbons (Fsp3) is 0.111. The number of hydrogen-bond donors (Lipinski definition) is 2. The first-order chi connectivity index (χ1) is 12.0. The Morgan fingerprint density at radius 3 is 2.64 bits per heavy atom. The molecule has 2 aromatic heterocycles. The van der Waals surface area contributed by atoms with Gasteiger partial charge in [0.05, 0.1) is 11.1 Å². The number of para-hydroxylation sites is 1. The van der Waals surface area contributed by atoms with E-state index in [4.69, 9.17) is 17.3 Å². The summed E-state index contributed by atoms with van der Waals surface area (Å²) in [6, 6.07) is 11.4. The summed E-state index contributed by atoms with van der Waals surface area (Å²) in [5.41, 5.74) is 7.13. The lowest BCUT2D eigenvalue weighted by molar-refractivity contribution is -0.119. The molecular formula is C18H15ClN4O2. The zero-order valence-corrected chi connectivity index (χ0v) is 13.9. The van der Waals surface area contributed by atoms with E-state index in [0.717, 1.165) is 10.9 Å². The first-order valence-electron chi connectivity index (χ1n) is 7.59. The van der Waals surface area contributed by atoms with Crippen molar-refractivity contribution < 1.29 is 9.59 Å². The number of pyridine rings is 2. The van der Waals surface area contributed by atoms with Crippen molar-refractivity contribution in [2.45, 2.75) is 12.5 Å². The van der Waals surface area contributed by atoms with Crippen molar-refractivity contribution in [3.63, 3.8) is 0 Å². The van der Waals surface area contributed by atoms with Gasteiger partial charge >= 0.3 is 0 Å². The Bertz CT molecular complexity index is 923. The van der Waals surface area contributed by atoms with E-state index >= 15 is 0 Å². The van der Waals surface area contributed by atoms with Crippen LogP contribution in [0.3, 0.4) is 0 Å². The third-order valence-corrected chi connectivity index (χ3v) is 3.98. The van der Waals surface area contributed by atoms with Crippen LogP contribution < -0.4 is 11.1 Å². The predicted octanol–water partition coefficient (Wildman–Crippen LogP) is 2.11. The number of rotatable bonds is 5. The van der Waals surface area contributed by atoms with Crippen molar-refractivity contribution in [3.05, 3.63) is 71.1 Å². The summed E-state index contributed by atoms with van der Waals surface area (Å²) in [6.07, 6.45) is 3.39. The summed E-state index contributed by atoms with van der Waals surface area (Å²) < 4.78 is 0. The molecule has 3 rings (SSSR count). The maximum Gasteiger partial charge on any atom is 0.254 e. The van der Waals surface area contributed by atoms with Gasteiger partial charge in [0.25, 0.3) is 5.91 Å².